The lowest BCUT2D eigenvalue weighted by Gasteiger charge is -2.18. The lowest BCUT2D eigenvalue weighted by Crippen LogP contribution is -2.42. The summed E-state index contributed by atoms with van der Waals surface area (Å²) < 4.78 is 0. The Hall–Kier alpha value is -2.24. The van der Waals surface area contributed by atoms with Crippen LogP contribution in [-0.2, 0) is 4.79 Å². The Bertz CT molecular complexity index is 515. The summed E-state index contributed by atoms with van der Waals surface area (Å²) in [6.07, 6.45) is 1.09. The normalized spacial score (nSPS) is 11.6. The summed E-state index contributed by atoms with van der Waals surface area (Å²) >= 11 is 0. The van der Waals surface area contributed by atoms with E-state index in [1.807, 2.05) is 45.0 Å². The molecule has 0 aliphatic heterocycles. The summed E-state index contributed by atoms with van der Waals surface area (Å²) in [6, 6.07) is 4.17. The predicted molar refractivity (Wildman–Crippen MR) is 84.0 cm³/mol. The molecular weight excluding hydrogens is 270 g/mol. The summed E-state index contributed by atoms with van der Waals surface area (Å²) in [5.74, 6) is -1.02. The van der Waals surface area contributed by atoms with E-state index < -0.39 is 18.0 Å². The van der Waals surface area contributed by atoms with Crippen molar-refractivity contribution in [2.24, 2.45) is 0 Å². The maximum absolute atomic E-state index is 11.9. The zero-order valence-corrected chi connectivity index (χ0v) is 12.9. The first-order chi connectivity index (χ1) is 9.85. The Balaban J connectivity index is 2.74. The number of rotatable bonds is 6. The van der Waals surface area contributed by atoms with Crippen LogP contribution in [0.15, 0.2) is 18.2 Å². The number of carboxylic acids is 1. The predicted octanol–water partition coefficient (Wildman–Crippen LogP) is 2.44. The molecule has 1 aromatic carbocycles. The van der Waals surface area contributed by atoms with E-state index >= 15 is 0 Å². The van der Waals surface area contributed by atoms with Crippen LogP contribution in [0.1, 0.15) is 25.3 Å². The number of nitrogens with zero attached hydrogens (tertiary/aromatic N) is 1. The largest absolute Gasteiger partial charge is 0.480 e. The fraction of sp³-hybridized carbons (Fsp3) is 0.467. The Morgan fingerprint density at radius 1 is 1.33 bits per heavy atom. The smallest absolute Gasteiger partial charge is 0.326 e. The van der Waals surface area contributed by atoms with E-state index in [2.05, 4.69) is 10.6 Å². The molecule has 0 aliphatic rings. The van der Waals surface area contributed by atoms with Gasteiger partial charge in [-0.3, -0.25) is 0 Å². The SMILES string of the molecule is CCC[C@@H](NC(=O)Nc1ccc(C)c(N(C)C)c1)C(=O)O. The van der Waals surface area contributed by atoms with Crippen molar-refractivity contribution in [3.63, 3.8) is 0 Å². The molecule has 0 aromatic heterocycles. The minimum absolute atomic E-state index is 0.402. The van der Waals surface area contributed by atoms with Gasteiger partial charge in [-0.25, -0.2) is 9.59 Å². The first-order valence-corrected chi connectivity index (χ1v) is 6.93. The molecule has 21 heavy (non-hydrogen) atoms. The fourth-order valence-electron chi connectivity index (χ4n) is 2.04. The van der Waals surface area contributed by atoms with Gasteiger partial charge in [-0.1, -0.05) is 19.4 Å². The fourth-order valence-corrected chi connectivity index (χ4v) is 2.04. The molecule has 0 unspecified atom stereocenters. The van der Waals surface area contributed by atoms with E-state index in [1.165, 1.54) is 0 Å². The van der Waals surface area contributed by atoms with Crippen molar-refractivity contribution in [2.75, 3.05) is 24.3 Å². The topological polar surface area (TPSA) is 81.7 Å². The number of hydrogen-bond acceptors (Lipinski definition) is 3. The Morgan fingerprint density at radius 3 is 2.52 bits per heavy atom. The molecule has 6 heteroatoms. The standard InChI is InChI=1S/C15H23N3O3/c1-5-6-12(14(19)20)17-15(21)16-11-8-7-10(2)13(9-11)18(3)4/h7-9,12H,5-6H2,1-4H3,(H,19,20)(H2,16,17,21)/t12-/m1/s1. The molecule has 116 valence electrons. The molecule has 6 nitrogen and oxygen atoms in total. The average Bonchev–Trinajstić information content (AvgIpc) is 2.40. The Morgan fingerprint density at radius 2 is 2.00 bits per heavy atom. The Labute approximate surface area is 125 Å². The molecule has 0 saturated heterocycles. The summed E-state index contributed by atoms with van der Waals surface area (Å²) in [4.78, 5) is 24.8. The van der Waals surface area contributed by atoms with Crippen molar-refractivity contribution in [2.45, 2.75) is 32.7 Å². The molecule has 0 aliphatic carbocycles. The van der Waals surface area contributed by atoms with Crippen LogP contribution in [-0.4, -0.2) is 37.2 Å². The van der Waals surface area contributed by atoms with Crippen molar-refractivity contribution in [3.05, 3.63) is 23.8 Å². The van der Waals surface area contributed by atoms with Crippen LogP contribution in [0, 0.1) is 6.92 Å². The second-order valence-electron chi connectivity index (χ2n) is 5.17. The molecule has 0 saturated carbocycles. The van der Waals surface area contributed by atoms with Crippen molar-refractivity contribution < 1.29 is 14.7 Å². The summed E-state index contributed by atoms with van der Waals surface area (Å²) in [6.45, 7) is 3.86. The maximum atomic E-state index is 11.9. The van der Waals surface area contributed by atoms with Gasteiger partial charge in [0.1, 0.15) is 6.04 Å². The Kier molecular flexibility index (Phi) is 6.02. The van der Waals surface area contributed by atoms with Crippen molar-refractivity contribution in [1.29, 1.82) is 0 Å². The summed E-state index contributed by atoms with van der Waals surface area (Å²) in [5, 5.41) is 14.2. The van der Waals surface area contributed by atoms with Gasteiger partial charge in [0.2, 0.25) is 0 Å². The molecule has 0 fully saturated rings. The molecule has 3 N–H and O–H groups in total. The van der Waals surface area contributed by atoms with Gasteiger partial charge in [0, 0.05) is 25.5 Å². The minimum Gasteiger partial charge on any atom is -0.480 e. The highest BCUT2D eigenvalue weighted by Crippen LogP contribution is 2.22. The zero-order valence-electron chi connectivity index (χ0n) is 12.9. The number of aliphatic carboxylic acids is 1. The minimum atomic E-state index is -1.02. The van der Waals surface area contributed by atoms with E-state index in [9.17, 15) is 9.59 Å². The molecule has 0 heterocycles. The number of aryl methyl sites for hydroxylation is 1. The molecular formula is C15H23N3O3. The number of nitrogens with one attached hydrogen (secondary N) is 2. The number of anilines is 2. The van der Waals surface area contributed by atoms with Crippen LogP contribution >= 0.6 is 0 Å². The van der Waals surface area contributed by atoms with Crippen molar-refractivity contribution >= 4 is 23.4 Å². The van der Waals surface area contributed by atoms with E-state index in [0.29, 0.717) is 18.5 Å². The van der Waals surface area contributed by atoms with Crippen molar-refractivity contribution in [1.82, 2.24) is 5.32 Å². The summed E-state index contributed by atoms with van der Waals surface area (Å²) in [5.41, 5.74) is 2.72. The van der Waals surface area contributed by atoms with Crippen LogP contribution < -0.4 is 15.5 Å². The van der Waals surface area contributed by atoms with Gasteiger partial charge < -0.3 is 20.6 Å². The number of urea groups is 1. The van der Waals surface area contributed by atoms with E-state index in [-0.39, 0.29) is 0 Å². The van der Waals surface area contributed by atoms with Crippen LogP contribution in [0.4, 0.5) is 16.2 Å². The molecule has 0 spiro atoms. The van der Waals surface area contributed by atoms with Gasteiger partial charge in [0.05, 0.1) is 0 Å². The molecule has 2 amide bonds. The average molecular weight is 293 g/mol. The highest BCUT2D eigenvalue weighted by molar-refractivity contribution is 5.92. The van der Waals surface area contributed by atoms with E-state index in [4.69, 9.17) is 5.11 Å². The third-order valence-electron chi connectivity index (χ3n) is 3.13. The van der Waals surface area contributed by atoms with E-state index in [1.54, 1.807) is 6.07 Å². The molecule has 0 radical (unpaired) electrons. The van der Waals surface area contributed by atoms with Crippen LogP contribution in [0.2, 0.25) is 0 Å². The third-order valence-corrected chi connectivity index (χ3v) is 3.13. The second-order valence-corrected chi connectivity index (χ2v) is 5.17. The highest BCUT2D eigenvalue weighted by Gasteiger charge is 2.18. The van der Waals surface area contributed by atoms with Crippen LogP contribution in [0.3, 0.4) is 0 Å². The maximum Gasteiger partial charge on any atom is 0.326 e. The van der Waals surface area contributed by atoms with Gasteiger partial charge in [-0.05, 0) is 31.0 Å². The molecule has 1 atom stereocenters. The van der Waals surface area contributed by atoms with Gasteiger partial charge in [0.25, 0.3) is 0 Å². The number of carboxylic acid groups (broad SMARTS) is 1. The van der Waals surface area contributed by atoms with Crippen LogP contribution in [0.25, 0.3) is 0 Å². The number of carbonyl (C=O) groups is 2. The molecule has 1 aromatic rings. The summed E-state index contributed by atoms with van der Waals surface area (Å²) in [7, 11) is 3.85. The van der Waals surface area contributed by atoms with Gasteiger partial charge >= 0.3 is 12.0 Å². The zero-order chi connectivity index (χ0) is 16.0. The number of carbonyl (C=O) groups excluding carboxylic acids is 1. The second kappa shape index (κ2) is 7.52. The third kappa shape index (κ3) is 4.98. The quantitative estimate of drug-likeness (QED) is 0.752. The van der Waals surface area contributed by atoms with Crippen LogP contribution in [0.5, 0.6) is 0 Å². The monoisotopic (exact) mass is 293 g/mol. The molecule has 1 rings (SSSR count). The molecule has 0 bridgehead atoms. The lowest BCUT2D eigenvalue weighted by molar-refractivity contribution is -0.139. The van der Waals surface area contributed by atoms with Crippen molar-refractivity contribution in [3.8, 4) is 0 Å². The number of hydrogen-bond donors (Lipinski definition) is 3. The van der Waals surface area contributed by atoms with E-state index in [0.717, 1.165) is 11.3 Å². The number of amides is 2. The first-order valence-electron chi connectivity index (χ1n) is 6.93. The van der Waals surface area contributed by atoms with Gasteiger partial charge in [-0.2, -0.15) is 0 Å². The van der Waals surface area contributed by atoms with Gasteiger partial charge in [0.15, 0.2) is 0 Å². The lowest BCUT2D eigenvalue weighted by atomic mass is 10.1. The number of benzene rings is 1. The first kappa shape index (κ1) is 16.8. The highest BCUT2D eigenvalue weighted by atomic mass is 16.4. The van der Waals surface area contributed by atoms with Gasteiger partial charge in [-0.15, -0.1) is 0 Å².